The highest BCUT2D eigenvalue weighted by Crippen LogP contribution is 2.23. The van der Waals surface area contributed by atoms with Crippen LogP contribution in [0.4, 0.5) is 0 Å². The smallest absolute Gasteiger partial charge is 0.271 e. The third-order valence-electron chi connectivity index (χ3n) is 2.76. The van der Waals surface area contributed by atoms with E-state index in [4.69, 9.17) is 16.3 Å². The SMILES string of the molecule is CC1(CNC(=O)c2cncc(Cl)n2)CCCO1. The standard InChI is InChI=1S/C11H14ClN3O2/c1-11(3-2-4-17-11)7-14-10(16)8-5-13-6-9(12)15-8/h5-6H,2-4,7H2,1H3,(H,14,16). The maximum atomic E-state index is 11.8. The van der Waals surface area contributed by atoms with Crippen molar-refractivity contribution in [2.24, 2.45) is 0 Å². The van der Waals surface area contributed by atoms with Gasteiger partial charge in [-0.2, -0.15) is 0 Å². The molecular formula is C11H14ClN3O2. The predicted molar refractivity (Wildman–Crippen MR) is 63.0 cm³/mol. The molecule has 0 aromatic carbocycles. The lowest BCUT2D eigenvalue weighted by atomic mass is 10.0. The first-order valence-electron chi connectivity index (χ1n) is 5.49. The maximum absolute atomic E-state index is 11.8. The molecule has 1 aliphatic heterocycles. The molecule has 1 fully saturated rings. The van der Waals surface area contributed by atoms with Crippen molar-refractivity contribution in [3.8, 4) is 0 Å². The Labute approximate surface area is 105 Å². The van der Waals surface area contributed by atoms with E-state index in [1.54, 1.807) is 0 Å². The zero-order chi connectivity index (χ0) is 12.3. The number of nitrogens with one attached hydrogen (secondary N) is 1. The van der Waals surface area contributed by atoms with E-state index in [2.05, 4.69) is 15.3 Å². The first-order chi connectivity index (χ1) is 8.09. The Morgan fingerprint density at radius 2 is 2.47 bits per heavy atom. The van der Waals surface area contributed by atoms with Crippen LogP contribution in [0.2, 0.25) is 5.15 Å². The minimum Gasteiger partial charge on any atom is -0.373 e. The van der Waals surface area contributed by atoms with Gasteiger partial charge in [-0.15, -0.1) is 0 Å². The van der Waals surface area contributed by atoms with Crippen molar-refractivity contribution >= 4 is 17.5 Å². The van der Waals surface area contributed by atoms with Crippen molar-refractivity contribution in [2.75, 3.05) is 13.2 Å². The quantitative estimate of drug-likeness (QED) is 0.888. The van der Waals surface area contributed by atoms with Crippen molar-refractivity contribution in [3.63, 3.8) is 0 Å². The van der Waals surface area contributed by atoms with Crippen molar-refractivity contribution in [2.45, 2.75) is 25.4 Å². The van der Waals surface area contributed by atoms with E-state index in [9.17, 15) is 4.79 Å². The number of ether oxygens (including phenoxy) is 1. The molecule has 1 unspecified atom stereocenters. The summed E-state index contributed by atoms with van der Waals surface area (Å²) < 4.78 is 5.57. The van der Waals surface area contributed by atoms with Gasteiger partial charge in [-0.1, -0.05) is 11.6 Å². The van der Waals surface area contributed by atoms with Crippen molar-refractivity contribution in [1.82, 2.24) is 15.3 Å². The van der Waals surface area contributed by atoms with Gasteiger partial charge in [0.05, 0.1) is 18.0 Å². The van der Waals surface area contributed by atoms with Gasteiger partial charge in [0.2, 0.25) is 0 Å². The third kappa shape index (κ3) is 3.14. The summed E-state index contributed by atoms with van der Waals surface area (Å²) in [6.45, 7) is 3.22. The molecule has 0 saturated carbocycles. The summed E-state index contributed by atoms with van der Waals surface area (Å²) in [6.07, 6.45) is 4.76. The molecule has 1 aliphatic rings. The zero-order valence-corrected chi connectivity index (χ0v) is 10.3. The number of amides is 1. The van der Waals surface area contributed by atoms with E-state index in [-0.39, 0.29) is 22.4 Å². The normalized spacial score (nSPS) is 23.6. The number of aromatic nitrogens is 2. The first-order valence-corrected chi connectivity index (χ1v) is 5.87. The minimum atomic E-state index is -0.281. The molecule has 92 valence electrons. The second-order valence-electron chi connectivity index (χ2n) is 4.31. The molecule has 2 rings (SSSR count). The van der Waals surface area contributed by atoms with Crippen LogP contribution in [0.3, 0.4) is 0 Å². The number of hydrogen-bond acceptors (Lipinski definition) is 4. The molecule has 17 heavy (non-hydrogen) atoms. The van der Waals surface area contributed by atoms with Gasteiger partial charge in [-0.05, 0) is 19.8 Å². The molecule has 1 saturated heterocycles. The molecular weight excluding hydrogens is 242 g/mol. The summed E-state index contributed by atoms with van der Waals surface area (Å²) in [7, 11) is 0. The molecule has 0 aliphatic carbocycles. The monoisotopic (exact) mass is 255 g/mol. The van der Waals surface area contributed by atoms with Gasteiger partial charge in [0.1, 0.15) is 10.8 Å². The van der Waals surface area contributed by atoms with Crippen LogP contribution >= 0.6 is 11.6 Å². The van der Waals surface area contributed by atoms with Gasteiger partial charge < -0.3 is 10.1 Å². The average Bonchev–Trinajstić information content (AvgIpc) is 2.74. The summed E-state index contributed by atoms with van der Waals surface area (Å²) in [4.78, 5) is 19.5. The minimum absolute atomic E-state index is 0.209. The third-order valence-corrected chi connectivity index (χ3v) is 2.94. The van der Waals surface area contributed by atoms with Gasteiger partial charge in [-0.25, -0.2) is 4.98 Å². The van der Waals surface area contributed by atoms with Gasteiger partial charge in [0.25, 0.3) is 5.91 Å². The number of carbonyl (C=O) groups is 1. The Morgan fingerprint density at radius 3 is 3.12 bits per heavy atom. The highest BCUT2D eigenvalue weighted by molar-refractivity contribution is 6.29. The summed E-state index contributed by atoms with van der Waals surface area (Å²) in [6, 6.07) is 0. The fourth-order valence-electron chi connectivity index (χ4n) is 1.79. The highest BCUT2D eigenvalue weighted by Gasteiger charge is 2.30. The van der Waals surface area contributed by atoms with Crippen molar-refractivity contribution in [3.05, 3.63) is 23.2 Å². The summed E-state index contributed by atoms with van der Waals surface area (Å²) in [5.41, 5.74) is -0.0409. The molecule has 1 amide bonds. The van der Waals surface area contributed by atoms with Crippen molar-refractivity contribution < 1.29 is 9.53 Å². The Bertz CT molecular complexity index is 419. The molecule has 0 radical (unpaired) electrons. The summed E-state index contributed by atoms with van der Waals surface area (Å²) in [5.74, 6) is -0.281. The van der Waals surface area contributed by atoms with Crippen LogP contribution in [0.5, 0.6) is 0 Å². The maximum Gasteiger partial charge on any atom is 0.271 e. The Kier molecular flexibility index (Phi) is 3.59. The van der Waals surface area contributed by atoms with E-state index in [1.807, 2.05) is 6.92 Å². The van der Waals surface area contributed by atoms with Crippen LogP contribution in [-0.2, 0) is 4.74 Å². The second kappa shape index (κ2) is 4.98. The first kappa shape index (κ1) is 12.3. The number of nitrogens with zero attached hydrogens (tertiary/aromatic N) is 2. The van der Waals surface area contributed by atoms with E-state index >= 15 is 0 Å². The van der Waals surface area contributed by atoms with Gasteiger partial charge >= 0.3 is 0 Å². The van der Waals surface area contributed by atoms with Crippen LogP contribution in [0, 0.1) is 0 Å². The van der Waals surface area contributed by atoms with Crippen molar-refractivity contribution in [1.29, 1.82) is 0 Å². The van der Waals surface area contributed by atoms with Gasteiger partial charge in [0, 0.05) is 13.2 Å². The molecule has 5 nitrogen and oxygen atoms in total. The molecule has 0 bridgehead atoms. The number of carbonyl (C=O) groups excluding carboxylic acids is 1. The van der Waals surface area contributed by atoms with E-state index in [0.717, 1.165) is 19.4 Å². The number of rotatable bonds is 3. The molecule has 6 heteroatoms. The lowest BCUT2D eigenvalue weighted by Gasteiger charge is -2.23. The molecule has 1 aromatic heterocycles. The second-order valence-corrected chi connectivity index (χ2v) is 4.70. The van der Waals surface area contributed by atoms with Crippen LogP contribution < -0.4 is 5.32 Å². The van der Waals surface area contributed by atoms with Crippen LogP contribution in [0.25, 0.3) is 0 Å². The van der Waals surface area contributed by atoms with Gasteiger partial charge in [0.15, 0.2) is 0 Å². The number of halogens is 1. The number of hydrogen-bond donors (Lipinski definition) is 1. The van der Waals surface area contributed by atoms with Crippen LogP contribution in [0.1, 0.15) is 30.3 Å². The van der Waals surface area contributed by atoms with E-state index < -0.39 is 0 Å². The molecule has 1 aromatic rings. The summed E-state index contributed by atoms with van der Waals surface area (Å²) in [5, 5.41) is 2.99. The lowest BCUT2D eigenvalue weighted by Crippen LogP contribution is -2.40. The molecule has 1 atom stereocenters. The molecule has 1 N–H and O–H groups in total. The van der Waals surface area contributed by atoms with Crippen LogP contribution in [-0.4, -0.2) is 34.6 Å². The average molecular weight is 256 g/mol. The Balaban J connectivity index is 1.93. The zero-order valence-electron chi connectivity index (χ0n) is 9.57. The van der Waals surface area contributed by atoms with Crippen LogP contribution in [0.15, 0.2) is 12.4 Å². The fourth-order valence-corrected chi connectivity index (χ4v) is 1.93. The fraction of sp³-hybridized carbons (Fsp3) is 0.545. The summed E-state index contributed by atoms with van der Waals surface area (Å²) >= 11 is 5.67. The highest BCUT2D eigenvalue weighted by atomic mass is 35.5. The Hall–Kier alpha value is -1.20. The van der Waals surface area contributed by atoms with E-state index in [1.165, 1.54) is 12.4 Å². The lowest BCUT2D eigenvalue weighted by molar-refractivity contribution is 0.0205. The molecule has 2 heterocycles. The Morgan fingerprint density at radius 1 is 1.65 bits per heavy atom. The largest absolute Gasteiger partial charge is 0.373 e. The molecule has 0 spiro atoms. The topological polar surface area (TPSA) is 64.1 Å². The van der Waals surface area contributed by atoms with Gasteiger partial charge in [-0.3, -0.25) is 9.78 Å². The van der Waals surface area contributed by atoms with E-state index in [0.29, 0.717) is 6.54 Å². The predicted octanol–water partition coefficient (Wildman–Crippen LogP) is 1.43.